The lowest BCUT2D eigenvalue weighted by atomic mass is 10.1. The highest BCUT2D eigenvalue weighted by atomic mass is 35.5. The molecule has 0 N–H and O–H groups in total. The van der Waals surface area contributed by atoms with Gasteiger partial charge < -0.3 is 4.90 Å². The van der Waals surface area contributed by atoms with Crippen molar-refractivity contribution in [3.05, 3.63) is 64.4 Å². The molecule has 0 aliphatic carbocycles. The third-order valence-corrected chi connectivity index (χ3v) is 3.35. The number of rotatable bonds is 4. The first-order valence-corrected chi connectivity index (χ1v) is 6.73. The normalized spacial score (nSPS) is 10.5. The van der Waals surface area contributed by atoms with E-state index in [0.717, 1.165) is 12.1 Å². The van der Waals surface area contributed by atoms with Crippen LogP contribution in [0, 0.1) is 11.6 Å². The van der Waals surface area contributed by atoms with E-state index in [1.807, 2.05) is 0 Å². The zero-order valence-electron chi connectivity index (χ0n) is 11.3. The van der Waals surface area contributed by atoms with Gasteiger partial charge in [-0.3, -0.25) is 9.78 Å². The molecule has 0 aliphatic heterocycles. The summed E-state index contributed by atoms with van der Waals surface area (Å²) in [5, 5.41) is 0.304. The lowest BCUT2D eigenvalue weighted by molar-refractivity contribution is 0.0752. The molecule has 0 aliphatic rings. The van der Waals surface area contributed by atoms with Crippen LogP contribution in [0.15, 0.2) is 36.7 Å². The summed E-state index contributed by atoms with van der Waals surface area (Å²) >= 11 is 5.97. The van der Waals surface area contributed by atoms with Gasteiger partial charge in [-0.1, -0.05) is 17.7 Å². The second kappa shape index (κ2) is 6.63. The number of halogens is 3. The van der Waals surface area contributed by atoms with E-state index >= 15 is 0 Å². The Kier molecular flexibility index (Phi) is 4.85. The third kappa shape index (κ3) is 3.55. The average molecular weight is 311 g/mol. The van der Waals surface area contributed by atoms with Gasteiger partial charge in [-0.2, -0.15) is 0 Å². The number of carbonyl (C=O) groups excluding carboxylic acids is 1. The minimum atomic E-state index is -0.935. The zero-order chi connectivity index (χ0) is 15.4. The molecule has 0 fully saturated rings. The number of hydrogen-bond acceptors (Lipinski definition) is 2. The first kappa shape index (κ1) is 15.4. The molecule has 0 unspecified atom stereocenters. The predicted octanol–water partition coefficient (Wildman–Crippen LogP) is 3.68. The van der Waals surface area contributed by atoms with E-state index in [1.54, 1.807) is 6.92 Å². The van der Waals surface area contributed by atoms with Gasteiger partial charge in [0.2, 0.25) is 0 Å². The summed E-state index contributed by atoms with van der Waals surface area (Å²) in [7, 11) is 0. The first-order valence-electron chi connectivity index (χ1n) is 6.35. The van der Waals surface area contributed by atoms with Crippen LogP contribution in [0.1, 0.15) is 22.8 Å². The number of hydrogen-bond donors (Lipinski definition) is 0. The lowest BCUT2D eigenvalue weighted by Crippen LogP contribution is -2.30. The Bertz CT molecular complexity index is 664. The van der Waals surface area contributed by atoms with Crippen LogP contribution in [-0.2, 0) is 6.54 Å². The van der Waals surface area contributed by atoms with Crippen molar-refractivity contribution in [1.82, 2.24) is 9.88 Å². The summed E-state index contributed by atoms with van der Waals surface area (Å²) in [6, 6.07) is 5.09. The van der Waals surface area contributed by atoms with Crippen molar-refractivity contribution in [2.45, 2.75) is 13.5 Å². The summed E-state index contributed by atoms with van der Waals surface area (Å²) in [6.45, 7) is 2.36. The van der Waals surface area contributed by atoms with Crippen molar-refractivity contribution in [3.63, 3.8) is 0 Å². The molecule has 0 saturated heterocycles. The summed E-state index contributed by atoms with van der Waals surface area (Å²) in [6.07, 6.45) is 2.88. The van der Waals surface area contributed by atoms with Crippen molar-refractivity contribution in [2.75, 3.05) is 6.54 Å². The summed E-state index contributed by atoms with van der Waals surface area (Å²) in [4.78, 5) is 17.7. The predicted molar refractivity (Wildman–Crippen MR) is 76.0 cm³/mol. The van der Waals surface area contributed by atoms with Gasteiger partial charge in [0.05, 0.1) is 10.6 Å². The van der Waals surface area contributed by atoms with Crippen molar-refractivity contribution >= 4 is 17.5 Å². The molecular weight excluding hydrogens is 298 g/mol. The first-order chi connectivity index (χ1) is 10.0. The Morgan fingerprint density at radius 2 is 2.05 bits per heavy atom. The van der Waals surface area contributed by atoms with Gasteiger partial charge in [0.15, 0.2) is 11.6 Å². The van der Waals surface area contributed by atoms with Crippen molar-refractivity contribution in [3.8, 4) is 0 Å². The Morgan fingerprint density at radius 3 is 2.67 bits per heavy atom. The molecule has 2 aromatic rings. The van der Waals surface area contributed by atoms with E-state index in [2.05, 4.69) is 4.98 Å². The SMILES string of the molecule is CCN(Cc1ccc(F)c(F)c1)C(=O)c1cnccc1Cl. The highest BCUT2D eigenvalue weighted by molar-refractivity contribution is 6.33. The molecule has 0 bridgehead atoms. The van der Waals surface area contributed by atoms with E-state index in [9.17, 15) is 13.6 Å². The van der Waals surface area contributed by atoms with E-state index in [4.69, 9.17) is 11.6 Å². The number of carbonyl (C=O) groups is 1. The van der Waals surface area contributed by atoms with Crippen LogP contribution in [-0.4, -0.2) is 22.3 Å². The second-order valence-electron chi connectivity index (χ2n) is 4.42. The van der Waals surface area contributed by atoms with Crippen molar-refractivity contribution < 1.29 is 13.6 Å². The smallest absolute Gasteiger partial charge is 0.257 e. The molecule has 1 amide bonds. The minimum Gasteiger partial charge on any atom is -0.335 e. The van der Waals surface area contributed by atoms with Crippen molar-refractivity contribution in [2.24, 2.45) is 0 Å². The Morgan fingerprint density at radius 1 is 1.29 bits per heavy atom. The van der Waals surface area contributed by atoms with E-state index in [0.29, 0.717) is 17.1 Å². The van der Waals surface area contributed by atoms with E-state index in [1.165, 1.54) is 29.4 Å². The molecule has 3 nitrogen and oxygen atoms in total. The Labute approximate surface area is 126 Å². The number of pyridine rings is 1. The maximum atomic E-state index is 13.2. The molecule has 1 aromatic carbocycles. The van der Waals surface area contributed by atoms with Crippen LogP contribution in [0.5, 0.6) is 0 Å². The van der Waals surface area contributed by atoms with E-state index in [-0.39, 0.29) is 18.0 Å². The van der Waals surface area contributed by atoms with Gasteiger partial charge in [0.25, 0.3) is 5.91 Å². The molecule has 6 heteroatoms. The molecule has 2 rings (SSSR count). The largest absolute Gasteiger partial charge is 0.335 e. The Hall–Kier alpha value is -2.01. The van der Waals surface area contributed by atoms with Gasteiger partial charge >= 0.3 is 0 Å². The quantitative estimate of drug-likeness (QED) is 0.863. The second-order valence-corrected chi connectivity index (χ2v) is 4.83. The van der Waals surface area contributed by atoms with Gasteiger partial charge in [-0.15, -0.1) is 0 Å². The maximum absolute atomic E-state index is 13.2. The molecule has 1 heterocycles. The van der Waals surface area contributed by atoms with Gasteiger partial charge in [-0.05, 0) is 30.7 Å². The zero-order valence-corrected chi connectivity index (χ0v) is 12.1. The summed E-state index contributed by atoms with van der Waals surface area (Å²) in [5.74, 6) is -2.15. The fourth-order valence-corrected chi connectivity index (χ4v) is 2.08. The molecule has 21 heavy (non-hydrogen) atoms. The van der Waals surface area contributed by atoms with Gasteiger partial charge in [0, 0.05) is 25.5 Å². The molecule has 0 spiro atoms. The third-order valence-electron chi connectivity index (χ3n) is 3.02. The number of nitrogens with zero attached hydrogens (tertiary/aromatic N) is 2. The van der Waals surface area contributed by atoms with Crippen molar-refractivity contribution in [1.29, 1.82) is 0 Å². The molecule has 0 radical (unpaired) electrons. The monoisotopic (exact) mass is 310 g/mol. The van der Waals surface area contributed by atoms with Crippen LogP contribution in [0.4, 0.5) is 8.78 Å². The molecule has 0 atom stereocenters. The van der Waals surface area contributed by atoms with Crippen LogP contribution >= 0.6 is 11.6 Å². The van der Waals surface area contributed by atoms with Crippen LogP contribution in [0.3, 0.4) is 0 Å². The number of benzene rings is 1. The molecule has 1 aromatic heterocycles. The fraction of sp³-hybridized carbons (Fsp3) is 0.200. The molecule has 110 valence electrons. The summed E-state index contributed by atoms with van der Waals surface area (Å²) in [5.41, 5.74) is 0.785. The Balaban J connectivity index is 2.21. The topological polar surface area (TPSA) is 33.2 Å². The fourth-order valence-electron chi connectivity index (χ4n) is 1.89. The average Bonchev–Trinajstić information content (AvgIpc) is 2.48. The minimum absolute atomic E-state index is 0.164. The van der Waals surface area contributed by atoms with E-state index < -0.39 is 11.6 Å². The maximum Gasteiger partial charge on any atom is 0.257 e. The highest BCUT2D eigenvalue weighted by Crippen LogP contribution is 2.18. The van der Waals surface area contributed by atoms with Crippen LogP contribution < -0.4 is 0 Å². The van der Waals surface area contributed by atoms with Gasteiger partial charge in [0.1, 0.15) is 0 Å². The lowest BCUT2D eigenvalue weighted by Gasteiger charge is -2.21. The summed E-state index contributed by atoms with van der Waals surface area (Å²) < 4.78 is 26.1. The highest BCUT2D eigenvalue weighted by Gasteiger charge is 2.18. The number of amides is 1. The standard InChI is InChI=1S/C15H13ClF2N2O/c1-2-20(9-10-3-4-13(17)14(18)7-10)15(21)11-8-19-6-5-12(11)16/h3-8H,2,9H2,1H3. The van der Waals surface area contributed by atoms with Gasteiger partial charge in [-0.25, -0.2) is 8.78 Å². The molecule has 0 saturated carbocycles. The van der Waals surface area contributed by atoms with Crippen LogP contribution in [0.25, 0.3) is 0 Å². The molecular formula is C15H13ClF2N2O. The van der Waals surface area contributed by atoms with Crippen LogP contribution in [0.2, 0.25) is 5.02 Å². The number of aromatic nitrogens is 1.